The quantitative estimate of drug-likeness (QED) is 0.619. The third-order valence-corrected chi connectivity index (χ3v) is 3.81. The zero-order valence-corrected chi connectivity index (χ0v) is 17.0. The summed E-state index contributed by atoms with van der Waals surface area (Å²) in [6.45, 7) is 2.59. The number of para-hydroxylation sites is 1. The van der Waals surface area contributed by atoms with Crippen LogP contribution in [0.2, 0.25) is 0 Å². The molecule has 0 unspecified atom stereocenters. The van der Waals surface area contributed by atoms with Crippen LogP contribution in [0.25, 0.3) is 0 Å². The van der Waals surface area contributed by atoms with Crippen LogP contribution in [0.5, 0.6) is 5.75 Å². The molecule has 28 heavy (non-hydrogen) atoms. The molecule has 0 fully saturated rings. The van der Waals surface area contributed by atoms with Crippen molar-refractivity contribution in [3.63, 3.8) is 0 Å². The van der Waals surface area contributed by atoms with Crippen molar-refractivity contribution < 1.29 is 28.6 Å². The molecule has 7 nitrogen and oxygen atoms in total. The molecule has 8 heteroatoms. The SMILES string of the molecule is CC(C)OC(=O)COC(=O)c1ccccc1OCC(=O)Nc1ccc(Br)cc1. The van der Waals surface area contributed by atoms with E-state index in [2.05, 4.69) is 21.2 Å². The van der Waals surface area contributed by atoms with Crippen molar-refractivity contribution in [2.24, 2.45) is 0 Å². The molecule has 0 heterocycles. The summed E-state index contributed by atoms with van der Waals surface area (Å²) in [4.78, 5) is 35.7. The zero-order valence-electron chi connectivity index (χ0n) is 15.4. The van der Waals surface area contributed by atoms with Gasteiger partial charge in [0.05, 0.1) is 6.10 Å². The van der Waals surface area contributed by atoms with Crippen molar-refractivity contribution in [1.29, 1.82) is 0 Å². The van der Waals surface area contributed by atoms with Gasteiger partial charge in [0, 0.05) is 10.2 Å². The molecule has 0 saturated carbocycles. The first-order valence-corrected chi connectivity index (χ1v) is 9.28. The second kappa shape index (κ2) is 10.5. The third-order valence-electron chi connectivity index (χ3n) is 3.28. The topological polar surface area (TPSA) is 90.9 Å². The fourth-order valence-corrected chi connectivity index (χ4v) is 2.40. The number of hydrogen-bond donors (Lipinski definition) is 1. The highest BCUT2D eigenvalue weighted by molar-refractivity contribution is 9.10. The van der Waals surface area contributed by atoms with E-state index in [0.29, 0.717) is 5.69 Å². The van der Waals surface area contributed by atoms with Crippen molar-refractivity contribution in [3.8, 4) is 5.75 Å². The van der Waals surface area contributed by atoms with Crippen LogP contribution in [0.4, 0.5) is 5.69 Å². The van der Waals surface area contributed by atoms with Gasteiger partial charge in [-0.1, -0.05) is 28.1 Å². The number of rotatable bonds is 8. The van der Waals surface area contributed by atoms with Gasteiger partial charge in [-0.2, -0.15) is 0 Å². The highest BCUT2D eigenvalue weighted by Crippen LogP contribution is 2.19. The Balaban J connectivity index is 1.91. The fraction of sp³-hybridized carbons (Fsp3) is 0.250. The Hall–Kier alpha value is -2.87. The van der Waals surface area contributed by atoms with E-state index in [4.69, 9.17) is 14.2 Å². The molecule has 0 radical (unpaired) electrons. The van der Waals surface area contributed by atoms with Crippen molar-refractivity contribution in [3.05, 3.63) is 58.6 Å². The molecule has 0 saturated heterocycles. The lowest BCUT2D eigenvalue weighted by Crippen LogP contribution is -2.22. The Morgan fingerprint density at radius 3 is 2.36 bits per heavy atom. The standard InChI is InChI=1S/C20H20BrNO6/c1-13(2)28-19(24)12-27-20(25)16-5-3-4-6-17(16)26-11-18(23)22-15-9-7-14(21)8-10-15/h3-10,13H,11-12H2,1-2H3,(H,22,23). The van der Waals surface area contributed by atoms with Crippen molar-refractivity contribution in [2.45, 2.75) is 20.0 Å². The Labute approximate surface area is 171 Å². The van der Waals surface area contributed by atoms with Crippen LogP contribution in [0.1, 0.15) is 24.2 Å². The van der Waals surface area contributed by atoms with Gasteiger partial charge in [0.25, 0.3) is 5.91 Å². The summed E-state index contributed by atoms with van der Waals surface area (Å²) in [6.07, 6.45) is -0.300. The van der Waals surface area contributed by atoms with Crippen LogP contribution in [-0.2, 0) is 19.1 Å². The van der Waals surface area contributed by atoms with Crippen LogP contribution in [0, 0.1) is 0 Å². The third kappa shape index (κ3) is 7.03. The molecule has 0 spiro atoms. The molecule has 0 aliphatic heterocycles. The number of halogens is 1. The summed E-state index contributed by atoms with van der Waals surface area (Å²) < 4.78 is 16.2. The van der Waals surface area contributed by atoms with Gasteiger partial charge in [-0.25, -0.2) is 9.59 Å². The maximum absolute atomic E-state index is 12.2. The average Bonchev–Trinajstić information content (AvgIpc) is 2.66. The summed E-state index contributed by atoms with van der Waals surface area (Å²) >= 11 is 3.32. The van der Waals surface area contributed by atoms with Gasteiger partial charge in [0.2, 0.25) is 0 Å². The highest BCUT2D eigenvalue weighted by atomic mass is 79.9. The van der Waals surface area contributed by atoms with Gasteiger partial charge in [0.1, 0.15) is 11.3 Å². The lowest BCUT2D eigenvalue weighted by Gasteiger charge is -2.12. The summed E-state index contributed by atoms with van der Waals surface area (Å²) in [7, 11) is 0. The number of nitrogens with one attached hydrogen (secondary N) is 1. The first kappa shape index (κ1) is 21.4. The largest absolute Gasteiger partial charge is 0.483 e. The Morgan fingerprint density at radius 1 is 1.00 bits per heavy atom. The van der Waals surface area contributed by atoms with E-state index in [9.17, 15) is 14.4 Å². The number of carbonyl (C=O) groups excluding carboxylic acids is 3. The molecule has 2 aromatic carbocycles. The van der Waals surface area contributed by atoms with Crippen LogP contribution >= 0.6 is 15.9 Å². The minimum absolute atomic E-state index is 0.108. The molecule has 2 rings (SSSR count). The minimum Gasteiger partial charge on any atom is -0.483 e. The maximum atomic E-state index is 12.2. The van der Waals surface area contributed by atoms with E-state index in [1.807, 2.05) is 0 Å². The Morgan fingerprint density at radius 2 is 1.68 bits per heavy atom. The van der Waals surface area contributed by atoms with E-state index in [0.717, 1.165) is 4.47 Å². The second-order valence-corrected chi connectivity index (χ2v) is 6.87. The molecule has 1 N–H and O–H groups in total. The van der Waals surface area contributed by atoms with Crippen LogP contribution in [-0.4, -0.2) is 37.2 Å². The highest BCUT2D eigenvalue weighted by Gasteiger charge is 2.17. The zero-order chi connectivity index (χ0) is 20.5. The second-order valence-electron chi connectivity index (χ2n) is 5.95. The molecule has 0 aliphatic carbocycles. The van der Waals surface area contributed by atoms with E-state index >= 15 is 0 Å². The summed E-state index contributed by atoms with van der Waals surface area (Å²) in [5.74, 6) is -1.60. The van der Waals surface area contributed by atoms with E-state index < -0.39 is 18.5 Å². The smallest absolute Gasteiger partial charge is 0.344 e. The monoisotopic (exact) mass is 449 g/mol. The van der Waals surface area contributed by atoms with Gasteiger partial charge in [-0.15, -0.1) is 0 Å². The van der Waals surface area contributed by atoms with Crippen LogP contribution in [0.15, 0.2) is 53.0 Å². The first-order valence-electron chi connectivity index (χ1n) is 8.49. The van der Waals surface area contributed by atoms with Crippen LogP contribution in [0.3, 0.4) is 0 Å². The number of esters is 2. The molecule has 0 aliphatic rings. The Kier molecular flexibility index (Phi) is 8.01. The molecular weight excluding hydrogens is 430 g/mol. The minimum atomic E-state index is -0.746. The van der Waals surface area contributed by atoms with E-state index in [1.54, 1.807) is 50.2 Å². The number of benzene rings is 2. The molecule has 2 aromatic rings. The number of hydrogen-bond acceptors (Lipinski definition) is 6. The average molecular weight is 450 g/mol. The summed E-state index contributed by atoms with van der Waals surface area (Å²) in [6, 6.07) is 13.4. The molecule has 0 aromatic heterocycles. The van der Waals surface area contributed by atoms with Crippen molar-refractivity contribution in [1.82, 2.24) is 0 Å². The van der Waals surface area contributed by atoms with Gasteiger partial charge < -0.3 is 19.5 Å². The number of anilines is 1. The lowest BCUT2D eigenvalue weighted by atomic mass is 10.2. The van der Waals surface area contributed by atoms with Crippen molar-refractivity contribution in [2.75, 3.05) is 18.5 Å². The van der Waals surface area contributed by atoms with Gasteiger partial charge >= 0.3 is 11.9 Å². The summed E-state index contributed by atoms with van der Waals surface area (Å²) in [5.41, 5.74) is 0.726. The summed E-state index contributed by atoms with van der Waals surface area (Å²) in [5, 5.41) is 2.68. The number of ether oxygens (including phenoxy) is 3. The normalized spacial score (nSPS) is 10.3. The predicted octanol–water partition coefficient (Wildman–Crippen LogP) is 3.58. The van der Waals surface area contributed by atoms with Gasteiger partial charge in [0.15, 0.2) is 13.2 Å². The van der Waals surface area contributed by atoms with E-state index in [1.165, 1.54) is 12.1 Å². The van der Waals surface area contributed by atoms with Crippen molar-refractivity contribution >= 4 is 39.5 Å². The predicted molar refractivity (Wildman–Crippen MR) is 106 cm³/mol. The first-order chi connectivity index (χ1) is 13.3. The number of amides is 1. The molecule has 148 valence electrons. The lowest BCUT2D eigenvalue weighted by molar-refractivity contribution is -0.151. The van der Waals surface area contributed by atoms with E-state index in [-0.39, 0.29) is 29.9 Å². The van der Waals surface area contributed by atoms with Gasteiger partial charge in [-0.3, -0.25) is 4.79 Å². The van der Waals surface area contributed by atoms with Crippen LogP contribution < -0.4 is 10.1 Å². The van der Waals surface area contributed by atoms with Gasteiger partial charge in [-0.05, 0) is 50.2 Å². The molecule has 0 atom stereocenters. The molecule has 0 bridgehead atoms. The number of carbonyl (C=O) groups is 3. The Bertz CT molecular complexity index is 835. The maximum Gasteiger partial charge on any atom is 0.344 e. The molecule has 1 amide bonds. The molecular formula is C20H20BrNO6. The fourth-order valence-electron chi connectivity index (χ4n) is 2.13.